The molecule has 0 bridgehead atoms. The summed E-state index contributed by atoms with van der Waals surface area (Å²) in [6.07, 6.45) is 3.70. The van der Waals surface area contributed by atoms with Crippen LogP contribution in [0.5, 0.6) is 0 Å². The van der Waals surface area contributed by atoms with E-state index in [9.17, 15) is 9.59 Å². The summed E-state index contributed by atoms with van der Waals surface area (Å²) in [7, 11) is 0. The molecule has 156 valence electrons. The van der Waals surface area contributed by atoms with Crippen molar-refractivity contribution in [2.24, 2.45) is 0 Å². The zero-order valence-electron chi connectivity index (χ0n) is 16.9. The fourth-order valence-electron chi connectivity index (χ4n) is 4.09. The maximum Gasteiger partial charge on any atom is 0.277 e. The molecular formula is C21H30N5O2S+. The molecule has 4 rings (SSSR count). The number of hydrogen-bond acceptors (Lipinski definition) is 4. The van der Waals surface area contributed by atoms with E-state index in [0.717, 1.165) is 80.5 Å². The Kier molecular flexibility index (Phi) is 6.71. The lowest BCUT2D eigenvalue weighted by Crippen LogP contribution is -3.15. The van der Waals surface area contributed by atoms with Crippen molar-refractivity contribution in [3.05, 3.63) is 24.3 Å². The van der Waals surface area contributed by atoms with E-state index in [1.807, 2.05) is 34.1 Å². The SMILES string of the molecule is O=C(CCCSc1nc2ccccc2[nH]1)N1CC[NH+](CC(=O)N2CCCC2)CC1. The second-order valence-electron chi connectivity index (χ2n) is 7.91. The molecule has 2 amide bonds. The Balaban J connectivity index is 1.13. The Morgan fingerprint density at radius 1 is 1.03 bits per heavy atom. The van der Waals surface area contributed by atoms with Gasteiger partial charge in [0.15, 0.2) is 11.7 Å². The lowest BCUT2D eigenvalue weighted by molar-refractivity contribution is -0.896. The number of rotatable bonds is 7. The molecule has 1 aromatic heterocycles. The minimum absolute atomic E-state index is 0.236. The Morgan fingerprint density at radius 2 is 1.76 bits per heavy atom. The number of aromatic nitrogens is 2. The van der Waals surface area contributed by atoms with Gasteiger partial charge in [-0.3, -0.25) is 9.59 Å². The number of quaternary nitrogens is 1. The van der Waals surface area contributed by atoms with Gasteiger partial charge in [0.25, 0.3) is 5.91 Å². The molecule has 2 aliphatic rings. The van der Waals surface area contributed by atoms with Crippen LogP contribution in [0.15, 0.2) is 29.4 Å². The molecule has 2 fully saturated rings. The summed E-state index contributed by atoms with van der Waals surface area (Å²) in [6.45, 7) is 5.69. The molecule has 0 radical (unpaired) electrons. The zero-order valence-corrected chi connectivity index (χ0v) is 17.7. The molecule has 8 heteroatoms. The summed E-state index contributed by atoms with van der Waals surface area (Å²) in [6, 6.07) is 8.01. The second kappa shape index (κ2) is 9.63. The predicted octanol–water partition coefficient (Wildman–Crippen LogP) is 0.785. The molecule has 0 saturated carbocycles. The number of likely N-dealkylation sites (tertiary alicyclic amines) is 1. The number of carbonyl (C=O) groups excluding carboxylic acids is 2. The quantitative estimate of drug-likeness (QED) is 0.517. The summed E-state index contributed by atoms with van der Waals surface area (Å²) in [4.78, 5) is 37.9. The zero-order chi connectivity index (χ0) is 20.1. The van der Waals surface area contributed by atoms with Crippen LogP contribution in [0, 0.1) is 0 Å². The van der Waals surface area contributed by atoms with Crippen molar-refractivity contribution in [1.82, 2.24) is 19.8 Å². The number of H-pyrrole nitrogens is 1. The molecule has 2 N–H and O–H groups in total. The van der Waals surface area contributed by atoms with Crippen molar-refractivity contribution in [3.8, 4) is 0 Å². The van der Waals surface area contributed by atoms with Gasteiger partial charge in [0.1, 0.15) is 0 Å². The first kappa shape index (κ1) is 20.2. The van der Waals surface area contributed by atoms with Gasteiger partial charge in [-0.25, -0.2) is 4.98 Å². The first-order chi connectivity index (χ1) is 14.2. The monoisotopic (exact) mass is 416 g/mol. The average molecular weight is 417 g/mol. The summed E-state index contributed by atoms with van der Waals surface area (Å²) in [5.74, 6) is 1.39. The van der Waals surface area contributed by atoms with Crippen LogP contribution in [0.3, 0.4) is 0 Å². The standard InChI is InChI=1S/C21H29N5O2S/c27-19(8-5-15-29-21-22-17-6-1-2-7-18(17)23-21)26-13-11-24(12-14-26)16-20(28)25-9-3-4-10-25/h1-2,6-7H,3-5,8-16H2,(H,22,23)/p+1. The number of fused-ring (bicyclic) bond motifs is 1. The number of amides is 2. The number of para-hydroxylation sites is 2. The predicted molar refractivity (Wildman–Crippen MR) is 114 cm³/mol. The average Bonchev–Trinajstić information content (AvgIpc) is 3.41. The fourth-order valence-corrected chi connectivity index (χ4v) is 4.92. The number of imidazole rings is 1. The van der Waals surface area contributed by atoms with Crippen LogP contribution in [0.1, 0.15) is 25.7 Å². The highest BCUT2D eigenvalue weighted by molar-refractivity contribution is 7.99. The van der Waals surface area contributed by atoms with Gasteiger partial charge in [-0.2, -0.15) is 0 Å². The Labute approximate surface area is 175 Å². The third kappa shape index (κ3) is 5.30. The molecule has 0 atom stereocenters. The van der Waals surface area contributed by atoms with Crippen molar-refractivity contribution >= 4 is 34.6 Å². The number of piperazine rings is 1. The highest BCUT2D eigenvalue weighted by atomic mass is 32.2. The molecular weight excluding hydrogens is 386 g/mol. The van der Waals surface area contributed by atoms with E-state index < -0.39 is 0 Å². The van der Waals surface area contributed by atoms with Crippen LogP contribution in [0.25, 0.3) is 11.0 Å². The summed E-state index contributed by atoms with van der Waals surface area (Å²) in [5.41, 5.74) is 2.03. The second-order valence-corrected chi connectivity index (χ2v) is 8.99. The normalized spacial score (nSPS) is 17.9. The Hall–Kier alpha value is -2.06. The maximum absolute atomic E-state index is 12.5. The molecule has 2 aliphatic heterocycles. The largest absolute Gasteiger partial charge is 0.338 e. The highest BCUT2D eigenvalue weighted by Gasteiger charge is 2.27. The summed E-state index contributed by atoms with van der Waals surface area (Å²) < 4.78 is 0. The number of carbonyl (C=O) groups is 2. The maximum atomic E-state index is 12.5. The third-order valence-electron chi connectivity index (χ3n) is 5.82. The van der Waals surface area contributed by atoms with Gasteiger partial charge in [-0.1, -0.05) is 23.9 Å². The van der Waals surface area contributed by atoms with Crippen molar-refractivity contribution in [2.45, 2.75) is 30.8 Å². The molecule has 0 spiro atoms. The number of nitrogens with zero attached hydrogens (tertiary/aromatic N) is 3. The van der Waals surface area contributed by atoms with Crippen LogP contribution in [-0.4, -0.2) is 83.1 Å². The first-order valence-electron chi connectivity index (χ1n) is 10.7. The number of benzene rings is 1. The topological polar surface area (TPSA) is 73.7 Å². The molecule has 3 heterocycles. The summed E-state index contributed by atoms with van der Waals surface area (Å²) >= 11 is 1.67. The van der Waals surface area contributed by atoms with Crippen LogP contribution in [0.2, 0.25) is 0 Å². The highest BCUT2D eigenvalue weighted by Crippen LogP contribution is 2.20. The third-order valence-corrected chi connectivity index (χ3v) is 6.78. The van der Waals surface area contributed by atoms with Crippen molar-refractivity contribution in [3.63, 3.8) is 0 Å². The van der Waals surface area contributed by atoms with Gasteiger partial charge in [0, 0.05) is 25.3 Å². The number of thioether (sulfide) groups is 1. The van der Waals surface area contributed by atoms with E-state index in [1.165, 1.54) is 4.90 Å². The first-order valence-corrected chi connectivity index (χ1v) is 11.6. The molecule has 2 saturated heterocycles. The van der Waals surface area contributed by atoms with Crippen LogP contribution in [-0.2, 0) is 9.59 Å². The van der Waals surface area contributed by atoms with E-state index in [1.54, 1.807) is 11.8 Å². The number of nitrogens with one attached hydrogen (secondary N) is 2. The van der Waals surface area contributed by atoms with Crippen LogP contribution in [0.4, 0.5) is 0 Å². The van der Waals surface area contributed by atoms with E-state index in [2.05, 4.69) is 9.97 Å². The minimum atomic E-state index is 0.236. The molecule has 7 nitrogen and oxygen atoms in total. The lowest BCUT2D eigenvalue weighted by atomic mass is 10.2. The van der Waals surface area contributed by atoms with Gasteiger partial charge in [0.05, 0.1) is 37.2 Å². The smallest absolute Gasteiger partial charge is 0.277 e. The van der Waals surface area contributed by atoms with Gasteiger partial charge in [-0.05, 0) is 31.4 Å². The van der Waals surface area contributed by atoms with Crippen molar-refractivity contribution in [2.75, 3.05) is 51.6 Å². The molecule has 1 aromatic carbocycles. The van der Waals surface area contributed by atoms with Crippen molar-refractivity contribution < 1.29 is 14.5 Å². The number of hydrogen-bond donors (Lipinski definition) is 2. The lowest BCUT2D eigenvalue weighted by Gasteiger charge is -2.32. The molecule has 0 unspecified atom stereocenters. The number of aromatic amines is 1. The van der Waals surface area contributed by atoms with E-state index >= 15 is 0 Å². The molecule has 2 aromatic rings. The molecule has 0 aliphatic carbocycles. The van der Waals surface area contributed by atoms with Gasteiger partial charge in [-0.15, -0.1) is 0 Å². The minimum Gasteiger partial charge on any atom is -0.338 e. The van der Waals surface area contributed by atoms with Gasteiger partial charge < -0.3 is 19.7 Å². The van der Waals surface area contributed by atoms with E-state index in [-0.39, 0.29) is 11.8 Å². The Bertz CT molecular complexity index is 807. The van der Waals surface area contributed by atoms with Crippen LogP contribution < -0.4 is 4.90 Å². The van der Waals surface area contributed by atoms with E-state index in [4.69, 9.17) is 0 Å². The van der Waals surface area contributed by atoms with Gasteiger partial charge in [0.2, 0.25) is 5.91 Å². The summed E-state index contributed by atoms with van der Waals surface area (Å²) in [5, 5.41) is 0.915. The van der Waals surface area contributed by atoms with Crippen molar-refractivity contribution in [1.29, 1.82) is 0 Å². The fraction of sp³-hybridized carbons (Fsp3) is 0.571. The Morgan fingerprint density at radius 3 is 2.52 bits per heavy atom. The van der Waals surface area contributed by atoms with Gasteiger partial charge >= 0.3 is 0 Å². The molecule has 29 heavy (non-hydrogen) atoms. The van der Waals surface area contributed by atoms with Crippen LogP contribution >= 0.6 is 11.8 Å². The van der Waals surface area contributed by atoms with E-state index in [0.29, 0.717) is 13.0 Å².